The van der Waals surface area contributed by atoms with Crippen molar-refractivity contribution < 1.29 is 9.00 Å². The molecular weight excluding hydrogens is 244 g/mol. The first-order valence-electron chi connectivity index (χ1n) is 5.03. The lowest BCUT2D eigenvalue weighted by Crippen LogP contribution is -2.13. The van der Waals surface area contributed by atoms with Gasteiger partial charge in [0.25, 0.3) is 5.91 Å². The average molecular weight is 260 g/mol. The van der Waals surface area contributed by atoms with Crippen molar-refractivity contribution in [3.8, 4) is 0 Å². The minimum Gasteiger partial charge on any atom is -0.272 e. The molecule has 1 aromatic heterocycles. The van der Waals surface area contributed by atoms with Gasteiger partial charge >= 0.3 is 0 Å². The molecule has 1 atom stereocenters. The third-order valence-electron chi connectivity index (χ3n) is 1.96. The molecule has 6 heteroatoms. The third-order valence-corrected chi connectivity index (χ3v) is 4.81. The first-order valence-corrected chi connectivity index (χ1v) is 7.49. The van der Waals surface area contributed by atoms with Gasteiger partial charge in [0, 0.05) is 6.42 Å². The van der Waals surface area contributed by atoms with Gasteiger partial charge in [-0.05, 0) is 23.8 Å². The minimum atomic E-state index is -3.02. The Morgan fingerprint density at radius 2 is 2.31 bits per heavy atom. The van der Waals surface area contributed by atoms with Crippen molar-refractivity contribution in [1.82, 2.24) is 0 Å². The van der Waals surface area contributed by atoms with Crippen molar-refractivity contribution >= 4 is 27.2 Å². The molecular formula is C10H16N2O2S2. The number of carbonyl (C=O) groups is 1. The quantitative estimate of drug-likeness (QED) is 0.903. The fourth-order valence-corrected chi connectivity index (χ4v) is 3.12. The maximum Gasteiger partial charge on any atom is 0.255 e. The van der Waals surface area contributed by atoms with Crippen molar-refractivity contribution in [3.05, 3.63) is 17.5 Å². The number of amides is 1. The number of rotatable bonds is 4. The zero-order chi connectivity index (χ0) is 12.2. The van der Waals surface area contributed by atoms with E-state index in [1.54, 1.807) is 17.5 Å². The van der Waals surface area contributed by atoms with Crippen LogP contribution in [0.5, 0.6) is 0 Å². The van der Waals surface area contributed by atoms with Crippen molar-refractivity contribution in [1.29, 1.82) is 0 Å². The van der Waals surface area contributed by atoms with E-state index in [-0.39, 0.29) is 5.91 Å². The lowest BCUT2D eigenvalue weighted by molar-refractivity contribution is -0.117. The number of nitrogens with two attached hydrogens (primary N) is 1. The van der Waals surface area contributed by atoms with Gasteiger partial charge in [-0.15, -0.1) is 15.7 Å². The van der Waals surface area contributed by atoms with Crippen molar-refractivity contribution in [2.45, 2.75) is 30.9 Å². The highest BCUT2D eigenvalue weighted by Gasteiger charge is 2.11. The molecule has 1 rings (SSSR count). The molecule has 0 saturated heterocycles. The molecule has 0 aromatic carbocycles. The van der Waals surface area contributed by atoms with Crippen LogP contribution in [0.3, 0.4) is 0 Å². The van der Waals surface area contributed by atoms with Crippen molar-refractivity contribution in [2.24, 2.45) is 15.4 Å². The molecule has 4 nitrogen and oxygen atoms in total. The monoisotopic (exact) mass is 260 g/mol. The Morgan fingerprint density at radius 3 is 2.81 bits per heavy atom. The van der Waals surface area contributed by atoms with Gasteiger partial charge < -0.3 is 0 Å². The Bertz CT molecular complexity index is 457. The molecule has 0 bridgehead atoms. The zero-order valence-corrected chi connectivity index (χ0v) is 11.0. The highest BCUT2D eigenvalue weighted by molar-refractivity contribution is 7.93. The summed E-state index contributed by atoms with van der Waals surface area (Å²) in [5, 5.41) is 7.30. The lowest BCUT2D eigenvalue weighted by atomic mass is 10.1. The summed E-state index contributed by atoms with van der Waals surface area (Å²) in [5.41, 5.74) is 0. The fourth-order valence-electron chi connectivity index (χ4n) is 1.08. The lowest BCUT2D eigenvalue weighted by Gasteiger charge is -2.02. The van der Waals surface area contributed by atoms with Crippen LogP contribution in [0.25, 0.3) is 0 Å². The topological polar surface area (TPSA) is 72.5 Å². The highest BCUT2D eigenvalue weighted by atomic mass is 32.2. The predicted octanol–water partition coefficient (Wildman–Crippen LogP) is 2.41. The van der Waals surface area contributed by atoms with Gasteiger partial charge in [0.05, 0.1) is 0 Å². The number of nitrogens with zero attached hydrogens (tertiary/aromatic N) is 1. The summed E-state index contributed by atoms with van der Waals surface area (Å²) in [4.78, 5) is 11.4. The normalized spacial score (nSPS) is 14.8. The van der Waals surface area contributed by atoms with E-state index < -0.39 is 9.92 Å². The molecule has 16 heavy (non-hydrogen) atoms. The van der Waals surface area contributed by atoms with E-state index in [4.69, 9.17) is 5.14 Å². The molecule has 1 heterocycles. The van der Waals surface area contributed by atoms with E-state index in [0.29, 0.717) is 16.5 Å². The van der Waals surface area contributed by atoms with Crippen molar-refractivity contribution in [3.63, 3.8) is 0 Å². The maximum atomic E-state index is 11.9. The summed E-state index contributed by atoms with van der Waals surface area (Å²) in [6.07, 6.45) is 1.04. The molecule has 1 unspecified atom stereocenters. The van der Waals surface area contributed by atoms with Gasteiger partial charge in [0.1, 0.15) is 4.21 Å². The molecule has 0 aliphatic carbocycles. The van der Waals surface area contributed by atoms with Gasteiger partial charge in [-0.1, -0.05) is 19.9 Å². The number of carbonyl (C=O) groups excluding carboxylic acids is 1. The summed E-state index contributed by atoms with van der Waals surface area (Å²) in [7, 11) is -3.02. The van der Waals surface area contributed by atoms with E-state index in [1.165, 1.54) is 11.3 Å². The Morgan fingerprint density at radius 1 is 1.62 bits per heavy atom. The second kappa shape index (κ2) is 5.56. The van der Waals surface area contributed by atoms with Crippen LogP contribution in [0.4, 0.5) is 0 Å². The van der Waals surface area contributed by atoms with Crippen LogP contribution >= 0.6 is 11.3 Å². The molecule has 2 N–H and O–H groups in total. The number of hydrogen-bond acceptors (Lipinski definition) is 3. The van der Waals surface area contributed by atoms with Crippen LogP contribution in [0, 0.1) is 5.92 Å². The Balaban J connectivity index is 2.76. The van der Waals surface area contributed by atoms with Crippen LogP contribution in [-0.2, 0) is 14.7 Å². The zero-order valence-electron chi connectivity index (χ0n) is 9.38. The fraction of sp³-hybridized carbons (Fsp3) is 0.500. The van der Waals surface area contributed by atoms with Crippen LogP contribution in [-0.4, -0.2) is 10.1 Å². The summed E-state index contributed by atoms with van der Waals surface area (Å²) in [6.45, 7) is 4.04. The molecule has 90 valence electrons. The molecule has 0 aliphatic heterocycles. The largest absolute Gasteiger partial charge is 0.272 e. The Kier molecular flexibility index (Phi) is 4.64. The summed E-state index contributed by atoms with van der Waals surface area (Å²) in [6, 6.07) is 3.37. The van der Waals surface area contributed by atoms with Gasteiger partial charge in [-0.2, -0.15) is 0 Å². The van der Waals surface area contributed by atoms with Gasteiger partial charge in [-0.3, -0.25) is 4.79 Å². The molecule has 0 radical (unpaired) electrons. The number of thiophene rings is 1. The third kappa shape index (κ3) is 4.03. The summed E-state index contributed by atoms with van der Waals surface area (Å²) >= 11 is 1.25. The van der Waals surface area contributed by atoms with Crippen LogP contribution in [0.1, 0.15) is 26.7 Å². The van der Waals surface area contributed by atoms with E-state index >= 15 is 0 Å². The van der Waals surface area contributed by atoms with E-state index in [1.807, 2.05) is 13.8 Å². The van der Waals surface area contributed by atoms with E-state index in [9.17, 15) is 9.00 Å². The molecule has 0 fully saturated rings. The van der Waals surface area contributed by atoms with Gasteiger partial charge in [0.2, 0.25) is 0 Å². The molecule has 1 amide bonds. The standard InChI is InChI=1S/C10H16N2O2S2/c1-8(2)5-6-9(13)12-16(11,14)10-4-3-7-15-10/h3-4,7-8H,5-6H2,1-2H3,(H2,11,12,13,14). The summed E-state index contributed by atoms with van der Waals surface area (Å²) in [5.74, 6) is 0.0457. The molecule has 0 saturated carbocycles. The highest BCUT2D eigenvalue weighted by Crippen LogP contribution is 2.16. The smallest absolute Gasteiger partial charge is 0.255 e. The minimum absolute atomic E-state index is 0.303. The predicted molar refractivity (Wildman–Crippen MR) is 66.4 cm³/mol. The Labute approximate surface area is 100 Å². The summed E-state index contributed by atoms with van der Waals surface area (Å²) < 4.78 is 16.0. The first kappa shape index (κ1) is 13.3. The second-order valence-electron chi connectivity index (χ2n) is 3.92. The molecule has 0 spiro atoms. The van der Waals surface area contributed by atoms with Crippen molar-refractivity contribution in [2.75, 3.05) is 0 Å². The SMILES string of the molecule is CC(C)CCC(=O)N=S(N)(=O)c1cccs1. The van der Waals surface area contributed by atoms with Crippen LogP contribution < -0.4 is 5.14 Å². The first-order chi connectivity index (χ1) is 7.42. The maximum absolute atomic E-state index is 11.9. The molecule has 0 aliphatic rings. The molecule has 1 aromatic rings. The van der Waals surface area contributed by atoms with Gasteiger partial charge in [-0.25, -0.2) is 9.35 Å². The van der Waals surface area contributed by atoms with Gasteiger partial charge in [0.15, 0.2) is 9.92 Å². The average Bonchev–Trinajstić information content (AvgIpc) is 2.67. The van der Waals surface area contributed by atoms with E-state index in [2.05, 4.69) is 4.36 Å². The Hall–Kier alpha value is -0.720. The number of hydrogen-bond donors (Lipinski definition) is 1. The second-order valence-corrected chi connectivity index (χ2v) is 6.88. The van der Waals surface area contributed by atoms with E-state index in [0.717, 1.165) is 6.42 Å². The van der Waals surface area contributed by atoms with Crippen LogP contribution in [0.15, 0.2) is 26.1 Å². The van der Waals surface area contributed by atoms with Crippen LogP contribution in [0.2, 0.25) is 0 Å².